The molecule has 0 radical (unpaired) electrons. The van der Waals surface area contributed by atoms with Crippen molar-refractivity contribution in [3.8, 4) is 0 Å². The fraction of sp³-hybridized carbons (Fsp3) is 0.333. The number of hydrogen-bond donors (Lipinski definition) is 2. The van der Waals surface area contributed by atoms with E-state index >= 15 is 0 Å². The molecule has 0 unspecified atom stereocenters. The Balaban J connectivity index is 1.57. The van der Waals surface area contributed by atoms with E-state index in [1.54, 1.807) is 54.5 Å². The van der Waals surface area contributed by atoms with E-state index < -0.39 is 0 Å². The Morgan fingerprint density at radius 1 is 1.11 bits per heavy atom. The van der Waals surface area contributed by atoms with Crippen molar-refractivity contribution in [2.24, 2.45) is 5.92 Å². The zero-order chi connectivity index (χ0) is 20.1. The minimum atomic E-state index is -0.161. The lowest BCUT2D eigenvalue weighted by molar-refractivity contribution is -0.121. The van der Waals surface area contributed by atoms with Gasteiger partial charge in [-0.15, -0.1) is 0 Å². The Hall–Kier alpha value is -3.22. The third kappa shape index (κ3) is 4.36. The van der Waals surface area contributed by atoms with E-state index in [0.717, 1.165) is 5.56 Å². The summed E-state index contributed by atoms with van der Waals surface area (Å²) in [7, 11) is 1.58. The highest BCUT2D eigenvalue weighted by Gasteiger charge is 2.28. The summed E-state index contributed by atoms with van der Waals surface area (Å²) in [5, 5.41) is 5.54. The number of nitrogens with one attached hydrogen (secondary N) is 2. The highest BCUT2D eigenvalue weighted by atomic mass is 16.2. The lowest BCUT2D eigenvalue weighted by Gasteiger charge is -2.31. The van der Waals surface area contributed by atoms with Crippen LogP contribution in [0.3, 0.4) is 0 Å². The molecule has 28 heavy (non-hydrogen) atoms. The molecule has 1 aliphatic rings. The van der Waals surface area contributed by atoms with Crippen LogP contribution in [0.25, 0.3) is 0 Å². The van der Waals surface area contributed by atoms with Crippen LogP contribution in [0.2, 0.25) is 0 Å². The fourth-order valence-corrected chi connectivity index (χ4v) is 3.32. The molecule has 2 N–H and O–H groups in total. The first-order chi connectivity index (χ1) is 13.5. The van der Waals surface area contributed by atoms with Crippen LogP contribution < -0.4 is 10.6 Å². The number of likely N-dealkylation sites (tertiary alicyclic amines) is 1. The van der Waals surface area contributed by atoms with Crippen LogP contribution >= 0.6 is 0 Å². The number of carbonyl (C=O) groups excluding carboxylic acids is 3. The summed E-state index contributed by atoms with van der Waals surface area (Å²) in [5.41, 5.74) is 2.51. The Morgan fingerprint density at radius 3 is 2.46 bits per heavy atom. The smallest absolute Gasteiger partial charge is 0.272 e. The van der Waals surface area contributed by atoms with Crippen LogP contribution in [0.15, 0.2) is 42.6 Å². The number of aryl methyl sites for hydroxylation is 1. The maximum atomic E-state index is 12.6. The van der Waals surface area contributed by atoms with Crippen molar-refractivity contribution in [2.45, 2.75) is 19.8 Å². The molecule has 1 aliphatic heterocycles. The topological polar surface area (TPSA) is 91.4 Å². The molecule has 7 heteroatoms. The maximum Gasteiger partial charge on any atom is 0.272 e. The number of rotatable bonds is 4. The zero-order valence-corrected chi connectivity index (χ0v) is 16.1. The minimum absolute atomic E-state index is 0.0549. The van der Waals surface area contributed by atoms with Gasteiger partial charge in [-0.05, 0) is 55.7 Å². The summed E-state index contributed by atoms with van der Waals surface area (Å²) >= 11 is 0. The molecule has 0 bridgehead atoms. The number of benzene rings is 1. The van der Waals surface area contributed by atoms with Gasteiger partial charge in [0.05, 0.1) is 0 Å². The number of amides is 3. The van der Waals surface area contributed by atoms with Gasteiger partial charge in [-0.25, -0.2) is 0 Å². The molecule has 0 aliphatic carbocycles. The summed E-state index contributed by atoms with van der Waals surface area (Å²) in [6, 6.07) is 10.5. The predicted molar refractivity (Wildman–Crippen MR) is 106 cm³/mol. The summed E-state index contributed by atoms with van der Waals surface area (Å²) in [6.07, 6.45) is 2.82. The fourth-order valence-electron chi connectivity index (χ4n) is 3.32. The van der Waals surface area contributed by atoms with Gasteiger partial charge in [0.25, 0.3) is 11.8 Å². The Bertz CT molecular complexity index is 874. The maximum absolute atomic E-state index is 12.6. The van der Waals surface area contributed by atoms with Gasteiger partial charge in [-0.2, -0.15) is 0 Å². The lowest BCUT2D eigenvalue weighted by atomic mass is 9.95. The summed E-state index contributed by atoms with van der Waals surface area (Å²) in [5.74, 6) is -0.461. The standard InChI is InChI=1S/C21H24N4O3/c1-14-13-16(19(26)22-2)6-7-17(14)24-20(27)15-8-11-25(12-9-15)21(28)18-5-3-4-10-23-18/h3-7,10,13,15H,8-9,11-12H2,1-2H3,(H,22,26)(H,24,27). The molecular formula is C21H24N4O3. The SMILES string of the molecule is CNC(=O)c1ccc(NC(=O)C2CCN(C(=O)c3ccccn3)CC2)c(C)c1. The Labute approximate surface area is 164 Å². The minimum Gasteiger partial charge on any atom is -0.355 e. The monoisotopic (exact) mass is 380 g/mol. The number of anilines is 1. The molecule has 2 heterocycles. The molecule has 146 valence electrons. The van der Waals surface area contributed by atoms with Gasteiger partial charge in [0.1, 0.15) is 5.69 Å². The van der Waals surface area contributed by atoms with Gasteiger partial charge in [0, 0.05) is 43.5 Å². The molecule has 0 spiro atoms. The number of pyridine rings is 1. The highest BCUT2D eigenvalue weighted by molar-refractivity contribution is 5.97. The van der Waals surface area contributed by atoms with Crippen LogP contribution in [-0.2, 0) is 4.79 Å². The second-order valence-electron chi connectivity index (χ2n) is 6.88. The Kier molecular flexibility index (Phi) is 6.03. The first kappa shape index (κ1) is 19.5. The first-order valence-electron chi connectivity index (χ1n) is 9.33. The second-order valence-corrected chi connectivity index (χ2v) is 6.88. The number of piperidine rings is 1. The molecule has 2 aromatic rings. The molecule has 7 nitrogen and oxygen atoms in total. The van der Waals surface area contributed by atoms with Gasteiger partial charge < -0.3 is 15.5 Å². The van der Waals surface area contributed by atoms with Crippen LogP contribution in [0.5, 0.6) is 0 Å². The number of aromatic nitrogens is 1. The van der Waals surface area contributed by atoms with E-state index in [2.05, 4.69) is 15.6 Å². The summed E-state index contributed by atoms with van der Waals surface area (Å²) in [4.78, 5) is 42.6. The molecular weight excluding hydrogens is 356 g/mol. The van der Waals surface area contributed by atoms with Crippen molar-refractivity contribution in [1.29, 1.82) is 0 Å². The van der Waals surface area contributed by atoms with E-state index in [-0.39, 0.29) is 23.6 Å². The number of nitrogens with zero attached hydrogens (tertiary/aromatic N) is 2. The van der Waals surface area contributed by atoms with Crippen molar-refractivity contribution in [3.05, 3.63) is 59.4 Å². The van der Waals surface area contributed by atoms with Gasteiger partial charge in [0.15, 0.2) is 0 Å². The van der Waals surface area contributed by atoms with Gasteiger partial charge in [0.2, 0.25) is 5.91 Å². The average molecular weight is 380 g/mol. The zero-order valence-electron chi connectivity index (χ0n) is 16.1. The van der Waals surface area contributed by atoms with Gasteiger partial charge in [-0.3, -0.25) is 19.4 Å². The van der Waals surface area contributed by atoms with Crippen molar-refractivity contribution >= 4 is 23.4 Å². The molecule has 1 fully saturated rings. The van der Waals surface area contributed by atoms with E-state index in [4.69, 9.17) is 0 Å². The van der Waals surface area contributed by atoms with Gasteiger partial charge in [-0.1, -0.05) is 6.07 Å². The molecule has 0 atom stereocenters. The predicted octanol–water partition coefficient (Wildman–Crippen LogP) is 2.24. The lowest BCUT2D eigenvalue weighted by Crippen LogP contribution is -2.41. The molecule has 3 amide bonds. The van der Waals surface area contributed by atoms with Crippen molar-refractivity contribution < 1.29 is 14.4 Å². The highest BCUT2D eigenvalue weighted by Crippen LogP contribution is 2.22. The van der Waals surface area contributed by atoms with Crippen LogP contribution in [0, 0.1) is 12.8 Å². The average Bonchev–Trinajstić information content (AvgIpc) is 2.74. The van der Waals surface area contributed by atoms with Gasteiger partial charge >= 0.3 is 0 Å². The molecule has 1 saturated heterocycles. The molecule has 1 aromatic heterocycles. The summed E-state index contributed by atoms with van der Waals surface area (Å²) in [6.45, 7) is 2.92. The van der Waals surface area contributed by atoms with Crippen molar-refractivity contribution in [3.63, 3.8) is 0 Å². The largest absolute Gasteiger partial charge is 0.355 e. The third-order valence-electron chi connectivity index (χ3n) is 5.01. The van der Waals surface area contributed by atoms with Crippen LogP contribution in [0.1, 0.15) is 39.3 Å². The van der Waals surface area contributed by atoms with Crippen molar-refractivity contribution in [1.82, 2.24) is 15.2 Å². The third-order valence-corrected chi connectivity index (χ3v) is 5.01. The normalized spacial score (nSPS) is 14.4. The van der Waals surface area contributed by atoms with Crippen molar-refractivity contribution in [2.75, 3.05) is 25.5 Å². The summed E-state index contributed by atoms with van der Waals surface area (Å²) < 4.78 is 0. The second kappa shape index (κ2) is 8.65. The molecule has 1 aromatic carbocycles. The van der Waals surface area contributed by atoms with E-state index in [0.29, 0.717) is 42.9 Å². The molecule has 3 rings (SSSR count). The van der Waals surface area contributed by atoms with E-state index in [1.165, 1.54) is 0 Å². The van der Waals surface area contributed by atoms with E-state index in [1.807, 2.05) is 6.92 Å². The number of carbonyl (C=O) groups is 3. The quantitative estimate of drug-likeness (QED) is 0.851. The van der Waals surface area contributed by atoms with E-state index in [9.17, 15) is 14.4 Å². The number of hydrogen-bond acceptors (Lipinski definition) is 4. The molecule has 0 saturated carbocycles. The Morgan fingerprint density at radius 2 is 1.86 bits per heavy atom. The first-order valence-corrected chi connectivity index (χ1v) is 9.33. The van der Waals surface area contributed by atoms with Crippen LogP contribution in [-0.4, -0.2) is 47.7 Å². The van der Waals surface area contributed by atoms with Crippen LogP contribution in [0.4, 0.5) is 5.69 Å².